The van der Waals surface area contributed by atoms with Gasteiger partial charge in [-0.05, 0) is 24.3 Å². The lowest BCUT2D eigenvalue weighted by molar-refractivity contribution is -0.130. The van der Waals surface area contributed by atoms with Crippen molar-refractivity contribution >= 4 is 38.8 Å². The summed E-state index contributed by atoms with van der Waals surface area (Å²) < 4.78 is 25.5. The number of hydrogen-bond donors (Lipinski definition) is 0. The molecule has 1 fully saturated rings. The largest absolute Gasteiger partial charge is 0.338 e. The minimum Gasteiger partial charge on any atom is -0.338 e. The van der Waals surface area contributed by atoms with E-state index in [-0.39, 0.29) is 29.2 Å². The molecule has 0 saturated carbocycles. The van der Waals surface area contributed by atoms with Gasteiger partial charge in [0, 0.05) is 19.6 Å². The zero-order chi connectivity index (χ0) is 19.4. The highest BCUT2D eigenvalue weighted by Crippen LogP contribution is 2.27. The molecule has 27 heavy (non-hydrogen) atoms. The van der Waals surface area contributed by atoms with Crippen LogP contribution < -0.4 is 0 Å². The van der Waals surface area contributed by atoms with Crippen LogP contribution in [0.4, 0.5) is 0 Å². The number of carbonyl (C=O) groups excluding carboxylic acids is 1. The van der Waals surface area contributed by atoms with Crippen LogP contribution in [0.25, 0.3) is 10.7 Å². The first-order valence-electron chi connectivity index (χ1n) is 8.97. The summed E-state index contributed by atoms with van der Waals surface area (Å²) in [5, 5.41) is 11.1. The van der Waals surface area contributed by atoms with E-state index >= 15 is 0 Å². The van der Waals surface area contributed by atoms with Gasteiger partial charge in [-0.25, -0.2) is 8.42 Å². The minimum absolute atomic E-state index is 0.0313. The first kappa shape index (κ1) is 20.3. The van der Waals surface area contributed by atoms with Crippen molar-refractivity contribution in [2.75, 3.05) is 23.8 Å². The van der Waals surface area contributed by atoms with Crippen LogP contribution >= 0.6 is 23.1 Å². The van der Waals surface area contributed by atoms with Gasteiger partial charge in [-0.1, -0.05) is 31.2 Å². The predicted octanol–water partition coefficient (Wildman–Crippen LogP) is 2.45. The highest BCUT2D eigenvalue weighted by Gasteiger charge is 2.34. The van der Waals surface area contributed by atoms with Gasteiger partial charge in [-0.2, -0.15) is 0 Å². The fourth-order valence-electron chi connectivity index (χ4n) is 3.13. The smallest absolute Gasteiger partial charge is 0.233 e. The molecule has 7 nitrogen and oxygen atoms in total. The number of amides is 1. The first-order chi connectivity index (χ1) is 12.9. The number of unbranched alkanes of at least 4 members (excludes halogenated alkanes) is 1. The average molecular weight is 429 g/mol. The van der Waals surface area contributed by atoms with Crippen LogP contribution in [-0.2, 0) is 21.7 Å². The maximum Gasteiger partial charge on any atom is 0.233 e. The number of carbonyl (C=O) groups is 1. The summed E-state index contributed by atoms with van der Waals surface area (Å²) in [6.07, 6.45) is 2.37. The monoisotopic (exact) mass is 428 g/mol. The first-order valence-corrected chi connectivity index (χ1v) is 12.7. The average Bonchev–Trinajstić information content (AvgIpc) is 3.34. The number of thioether (sulfide) groups is 1. The van der Waals surface area contributed by atoms with Crippen LogP contribution in [0, 0.1) is 0 Å². The van der Waals surface area contributed by atoms with E-state index in [1.807, 2.05) is 29.1 Å². The molecule has 0 bridgehead atoms. The van der Waals surface area contributed by atoms with Gasteiger partial charge >= 0.3 is 0 Å². The van der Waals surface area contributed by atoms with Gasteiger partial charge in [0.2, 0.25) is 5.91 Å². The van der Waals surface area contributed by atoms with Crippen molar-refractivity contribution in [3.8, 4) is 10.7 Å². The summed E-state index contributed by atoms with van der Waals surface area (Å²) in [4.78, 5) is 15.6. The Morgan fingerprint density at radius 1 is 1.44 bits per heavy atom. The Morgan fingerprint density at radius 2 is 2.26 bits per heavy atom. The molecule has 1 saturated heterocycles. The van der Waals surface area contributed by atoms with Crippen molar-refractivity contribution in [3.05, 3.63) is 17.5 Å². The van der Waals surface area contributed by atoms with Crippen LogP contribution in [0.2, 0.25) is 0 Å². The molecule has 10 heteroatoms. The zero-order valence-corrected chi connectivity index (χ0v) is 17.9. The number of rotatable bonds is 8. The molecule has 2 aromatic rings. The quantitative estimate of drug-likeness (QED) is 0.601. The Labute approximate surface area is 168 Å². The van der Waals surface area contributed by atoms with Crippen molar-refractivity contribution in [3.63, 3.8) is 0 Å². The fourth-order valence-corrected chi connectivity index (χ4v) is 6.40. The second-order valence-electron chi connectivity index (χ2n) is 6.63. The maximum absolute atomic E-state index is 12.8. The SMILES string of the molecule is CCCCN(C(=O)CSc1nnc(-c2cccs2)n1C)C1CCS(=O)(=O)C1. The molecule has 0 aliphatic carbocycles. The van der Waals surface area contributed by atoms with Gasteiger partial charge in [-0.15, -0.1) is 21.5 Å². The van der Waals surface area contributed by atoms with Crippen molar-refractivity contribution in [1.82, 2.24) is 19.7 Å². The van der Waals surface area contributed by atoms with Gasteiger partial charge in [0.15, 0.2) is 20.8 Å². The van der Waals surface area contributed by atoms with E-state index in [2.05, 4.69) is 17.1 Å². The van der Waals surface area contributed by atoms with Gasteiger partial charge in [-0.3, -0.25) is 4.79 Å². The summed E-state index contributed by atoms with van der Waals surface area (Å²) in [7, 11) is -1.13. The standard InChI is InChI=1S/C17H24N4O3S3/c1-3-4-8-21(13-7-10-27(23,24)12-13)15(22)11-26-17-19-18-16(20(17)2)14-6-5-9-25-14/h5-6,9,13H,3-4,7-8,10-12H2,1-2H3. The van der Waals surface area contributed by atoms with E-state index in [1.165, 1.54) is 11.8 Å². The third-order valence-electron chi connectivity index (χ3n) is 4.62. The molecule has 1 aliphatic heterocycles. The van der Waals surface area contributed by atoms with E-state index in [4.69, 9.17) is 0 Å². The van der Waals surface area contributed by atoms with Gasteiger partial charge < -0.3 is 9.47 Å². The lowest BCUT2D eigenvalue weighted by Gasteiger charge is -2.28. The summed E-state index contributed by atoms with van der Waals surface area (Å²) in [5.41, 5.74) is 0. The predicted molar refractivity (Wildman–Crippen MR) is 109 cm³/mol. The molecule has 0 radical (unpaired) electrons. The third-order valence-corrected chi connectivity index (χ3v) is 8.24. The van der Waals surface area contributed by atoms with E-state index < -0.39 is 9.84 Å². The van der Waals surface area contributed by atoms with E-state index in [0.717, 1.165) is 23.5 Å². The van der Waals surface area contributed by atoms with Crippen LogP contribution in [0.5, 0.6) is 0 Å². The van der Waals surface area contributed by atoms with Gasteiger partial charge in [0.05, 0.1) is 22.1 Å². The van der Waals surface area contributed by atoms with E-state index in [0.29, 0.717) is 18.1 Å². The lowest BCUT2D eigenvalue weighted by Crippen LogP contribution is -2.42. The number of aromatic nitrogens is 3. The number of hydrogen-bond acceptors (Lipinski definition) is 7. The number of nitrogens with zero attached hydrogens (tertiary/aromatic N) is 4. The summed E-state index contributed by atoms with van der Waals surface area (Å²) in [5.74, 6) is 1.24. The van der Waals surface area contributed by atoms with Crippen LogP contribution in [0.1, 0.15) is 26.2 Å². The van der Waals surface area contributed by atoms with Crippen molar-refractivity contribution < 1.29 is 13.2 Å². The number of thiophene rings is 1. The van der Waals surface area contributed by atoms with Gasteiger partial charge in [0.25, 0.3) is 0 Å². The molecule has 0 N–H and O–H groups in total. The normalized spacial score (nSPS) is 18.7. The second kappa shape index (κ2) is 8.74. The fraction of sp³-hybridized carbons (Fsp3) is 0.588. The van der Waals surface area contributed by atoms with Crippen molar-refractivity contribution in [2.45, 2.75) is 37.4 Å². The van der Waals surface area contributed by atoms with Gasteiger partial charge in [0.1, 0.15) is 0 Å². The lowest BCUT2D eigenvalue weighted by atomic mass is 10.2. The Morgan fingerprint density at radius 3 is 2.89 bits per heavy atom. The Kier molecular flexibility index (Phi) is 6.59. The molecule has 3 rings (SSSR count). The van der Waals surface area contributed by atoms with Crippen LogP contribution in [0.15, 0.2) is 22.7 Å². The van der Waals surface area contributed by atoms with Crippen LogP contribution in [0.3, 0.4) is 0 Å². The zero-order valence-electron chi connectivity index (χ0n) is 15.5. The molecule has 1 atom stereocenters. The Balaban J connectivity index is 1.66. The van der Waals surface area contributed by atoms with Crippen molar-refractivity contribution in [1.29, 1.82) is 0 Å². The topological polar surface area (TPSA) is 85.2 Å². The summed E-state index contributed by atoms with van der Waals surface area (Å²) in [6.45, 7) is 2.67. The molecule has 148 valence electrons. The highest BCUT2D eigenvalue weighted by molar-refractivity contribution is 7.99. The molecule has 1 unspecified atom stereocenters. The van der Waals surface area contributed by atoms with E-state index in [9.17, 15) is 13.2 Å². The molecule has 2 aromatic heterocycles. The summed E-state index contributed by atoms with van der Waals surface area (Å²) >= 11 is 2.94. The highest BCUT2D eigenvalue weighted by atomic mass is 32.2. The maximum atomic E-state index is 12.8. The second-order valence-corrected chi connectivity index (χ2v) is 10.7. The molecular formula is C17H24N4O3S3. The molecule has 0 spiro atoms. The molecule has 0 aromatic carbocycles. The summed E-state index contributed by atoms with van der Waals surface area (Å²) in [6, 6.07) is 3.75. The Hall–Kier alpha value is -1.39. The molecule has 3 heterocycles. The van der Waals surface area contributed by atoms with E-state index in [1.54, 1.807) is 16.2 Å². The number of sulfone groups is 1. The van der Waals surface area contributed by atoms with Crippen LogP contribution in [-0.4, -0.2) is 63.8 Å². The minimum atomic E-state index is -3.02. The Bertz CT molecular complexity index is 877. The molecule has 1 amide bonds. The molecule has 1 aliphatic rings. The van der Waals surface area contributed by atoms with Crippen molar-refractivity contribution in [2.24, 2.45) is 7.05 Å². The third kappa shape index (κ3) is 4.91. The molecular weight excluding hydrogens is 404 g/mol.